The standard InChI is InChI=1S/C18H24N4O3/c1-11(16-12(2)21-22(4)13(16)3)17(24)19-9-10-20-18(25)14-5-7-15(23)8-6-14/h5-8,11,23H,9-10H2,1-4H3,(H,19,24)(H,20,25)/t11-/m0/s1. The van der Waals surface area contributed by atoms with Gasteiger partial charge in [-0.1, -0.05) is 0 Å². The van der Waals surface area contributed by atoms with Crippen molar-refractivity contribution in [1.82, 2.24) is 20.4 Å². The molecule has 1 aromatic carbocycles. The minimum absolute atomic E-state index is 0.0990. The molecule has 0 saturated carbocycles. The highest BCUT2D eigenvalue weighted by molar-refractivity contribution is 5.94. The lowest BCUT2D eigenvalue weighted by molar-refractivity contribution is -0.122. The van der Waals surface area contributed by atoms with Crippen molar-refractivity contribution in [2.75, 3.05) is 13.1 Å². The summed E-state index contributed by atoms with van der Waals surface area (Å²) in [5, 5.41) is 19.1. The van der Waals surface area contributed by atoms with Crippen molar-refractivity contribution in [3.05, 3.63) is 46.8 Å². The number of nitrogens with zero attached hydrogens (tertiary/aromatic N) is 2. The van der Waals surface area contributed by atoms with Gasteiger partial charge < -0.3 is 15.7 Å². The van der Waals surface area contributed by atoms with Crippen LogP contribution in [0.25, 0.3) is 0 Å². The van der Waals surface area contributed by atoms with Crippen LogP contribution in [-0.2, 0) is 11.8 Å². The summed E-state index contributed by atoms with van der Waals surface area (Å²) in [6.07, 6.45) is 0. The Balaban J connectivity index is 1.82. The number of phenols is 1. The van der Waals surface area contributed by atoms with Crippen LogP contribution in [0.4, 0.5) is 0 Å². The molecule has 0 aliphatic carbocycles. The monoisotopic (exact) mass is 344 g/mol. The number of aromatic nitrogens is 2. The molecule has 0 aliphatic heterocycles. The van der Waals surface area contributed by atoms with Crippen LogP contribution in [0.5, 0.6) is 5.75 Å². The number of amides is 2. The van der Waals surface area contributed by atoms with E-state index in [1.807, 2.05) is 27.8 Å². The second-order valence-electron chi connectivity index (χ2n) is 6.02. The molecule has 1 heterocycles. The minimum Gasteiger partial charge on any atom is -0.508 e. The Morgan fingerprint density at radius 1 is 1.16 bits per heavy atom. The van der Waals surface area contributed by atoms with Crippen LogP contribution < -0.4 is 10.6 Å². The summed E-state index contributed by atoms with van der Waals surface area (Å²) in [6, 6.07) is 5.99. The Morgan fingerprint density at radius 2 is 1.76 bits per heavy atom. The number of rotatable bonds is 6. The predicted molar refractivity (Wildman–Crippen MR) is 94.5 cm³/mol. The highest BCUT2D eigenvalue weighted by atomic mass is 16.3. The van der Waals surface area contributed by atoms with E-state index in [9.17, 15) is 14.7 Å². The van der Waals surface area contributed by atoms with Crippen molar-refractivity contribution in [1.29, 1.82) is 0 Å². The number of carbonyl (C=O) groups excluding carboxylic acids is 2. The van der Waals surface area contributed by atoms with E-state index >= 15 is 0 Å². The first kappa shape index (κ1) is 18.5. The summed E-state index contributed by atoms with van der Waals surface area (Å²) >= 11 is 0. The van der Waals surface area contributed by atoms with E-state index in [0.717, 1.165) is 17.0 Å². The molecule has 2 amide bonds. The Labute approximate surface area is 147 Å². The molecule has 1 aromatic heterocycles. The van der Waals surface area contributed by atoms with Gasteiger partial charge in [0.1, 0.15) is 5.75 Å². The van der Waals surface area contributed by atoms with Gasteiger partial charge in [0.05, 0.1) is 11.6 Å². The predicted octanol–water partition coefficient (Wildman–Crippen LogP) is 1.39. The summed E-state index contributed by atoms with van der Waals surface area (Å²) in [5.74, 6) is -0.542. The van der Waals surface area contributed by atoms with Crippen LogP contribution in [0.1, 0.15) is 40.2 Å². The van der Waals surface area contributed by atoms with E-state index < -0.39 is 0 Å². The Morgan fingerprint density at radius 3 is 2.32 bits per heavy atom. The second-order valence-corrected chi connectivity index (χ2v) is 6.02. The largest absolute Gasteiger partial charge is 0.508 e. The third kappa shape index (κ3) is 4.37. The molecule has 7 heteroatoms. The zero-order valence-corrected chi connectivity index (χ0v) is 15.0. The third-order valence-electron chi connectivity index (χ3n) is 4.23. The zero-order chi connectivity index (χ0) is 18.6. The maximum atomic E-state index is 12.3. The Hall–Kier alpha value is -2.83. The molecule has 1 atom stereocenters. The van der Waals surface area contributed by atoms with E-state index in [1.54, 1.807) is 16.8 Å². The maximum absolute atomic E-state index is 12.3. The number of phenolic OH excluding ortho intramolecular Hbond substituents is 1. The van der Waals surface area contributed by atoms with E-state index in [4.69, 9.17) is 0 Å². The van der Waals surface area contributed by atoms with Crippen LogP contribution >= 0.6 is 0 Å². The van der Waals surface area contributed by atoms with Gasteiger partial charge in [0.2, 0.25) is 5.91 Å². The highest BCUT2D eigenvalue weighted by Gasteiger charge is 2.22. The molecule has 2 rings (SSSR count). The van der Waals surface area contributed by atoms with Crippen LogP contribution in [0.2, 0.25) is 0 Å². The number of benzene rings is 1. The lowest BCUT2D eigenvalue weighted by atomic mass is 9.98. The molecule has 0 saturated heterocycles. The van der Waals surface area contributed by atoms with E-state index in [-0.39, 0.29) is 23.5 Å². The molecule has 0 radical (unpaired) electrons. The zero-order valence-electron chi connectivity index (χ0n) is 15.0. The van der Waals surface area contributed by atoms with E-state index in [0.29, 0.717) is 18.7 Å². The molecule has 134 valence electrons. The number of nitrogens with one attached hydrogen (secondary N) is 2. The quantitative estimate of drug-likeness (QED) is 0.690. The topological polar surface area (TPSA) is 96.3 Å². The first-order valence-corrected chi connectivity index (χ1v) is 8.16. The van der Waals surface area contributed by atoms with Gasteiger partial charge >= 0.3 is 0 Å². The summed E-state index contributed by atoms with van der Waals surface area (Å²) in [4.78, 5) is 24.3. The smallest absolute Gasteiger partial charge is 0.251 e. The number of aromatic hydroxyl groups is 1. The molecule has 0 fully saturated rings. The number of hydrogen-bond acceptors (Lipinski definition) is 4. The lowest BCUT2D eigenvalue weighted by Gasteiger charge is -2.13. The fourth-order valence-corrected chi connectivity index (χ4v) is 2.78. The van der Waals surface area contributed by atoms with Gasteiger partial charge in [0.25, 0.3) is 5.91 Å². The lowest BCUT2D eigenvalue weighted by Crippen LogP contribution is -2.36. The second kappa shape index (κ2) is 7.83. The summed E-state index contributed by atoms with van der Waals surface area (Å²) < 4.78 is 1.77. The fraction of sp³-hybridized carbons (Fsp3) is 0.389. The number of hydrogen-bond donors (Lipinski definition) is 3. The summed E-state index contributed by atoms with van der Waals surface area (Å²) in [5.41, 5.74) is 3.22. The third-order valence-corrected chi connectivity index (χ3v) is 4.23. The molecular weight excluding hydrogens is 320 g/mol. The fourth-order valence-electron chi connectivity index (χ4n) is 2.78. The highest BCUT2D eigenvalue weighted by Crippen LogP contribution is 2.22. The van der Waals surface area contributed by atoms with Gasteiger partial charge in [-0.25, -0.2) is 0 Å². The first-order chi connectivity index (χ1) is 11.8. The van der Waals surface area contributed by atoms with Crippen molar-refractivity contribution >= 4 is 11.8 Å². The van der Waals surface area contributed by atoms with E-state index in [2.05, 4.69) is 15.7 Å². The molecule has 7 nitrogen and oxygen atoms in total. The molecule has 0 aliphatic rings. The van der Waals surface area contributed by atoms with Gasteiger partial charge in [-0.3, -0.25) is 14.3 Å². The SMILES string of the molecule is Cc1nn(C)c(C)c1[C@H](C)C(=O)NCCNC(=O)c1ccc(O)cc1. The van der Waals surface area contributed by atoms with Crippen molar-refractivity contribution in [3.63, 3.8) is 0 Å². The van der Waals surface area contributed by atoms with Gasteiger partial charge in [0.15, 0.2) is 0 Å². The number of aryl methyl sites for hydroxylation is 2. The normalized spacial score (nSPS) is 11.8. The first-order valence-electron chi connectivity index (χ1n) is 8.16. The molecule has 0 spiro atoms. The molecule has 2 aromatic rings. The Kier molecular flexibility index (Phi) is 5.80. The van der Waals surface area contributed by atoms with Crippen LogP contribution in [0, 0.1) is 13.8 Å². The summed E-state index contributed by atoms with van der Waals surface area (Å²) in [7, 11) is 1.86. The van der Waals surface area contributed by atoms with Gasteiger partial charge in [-0.05, 0) is 45.0 Å². The van der Waals surface area contributed by atoms with Crippen molar-refractivity contribution < 1.29 is 14.7 Å². The van der Waals surface area contributed by atoms with Crippen molar-refractivity contribution in [2.24, 2.45) is 7.05 Å². The van der Waals surface area contributed by atoms with Crippen LogP contribution in [0.15, 0.2) is 24.3 Å². The average molecular weight is 344 g/mol. The maximum Gasteiger partial charge on any atom is 0.251 e. The molecular formula is C18H24N4O3. The van der Waals surface area contributed by atoms with Gasteiger partial charge in [-0.2, -0.15) is 5.10 Å². The molecule has 3 N–H and O–H groups in total. The minimum atomic E-state index is -0.304. The summed E-state index contributed by atoms with van der Waals surface area (Å²) in [6.45, 7) is 6.34. The van der Waals surface area contributed by atoms with Gasteiger partial charge in [0, 0.05) is 37.0 Å². The Bertz CT molecular complexity index is 765. The number of carbonyl (C=O) groups is 2. The van der Waals surface area contributed by atoms with Crippen LogP contribution in [-0.4, -0.2) is 39.8 Å². The molecule has 25 heavy (non-hydrogen) atoms. The average Bonchev–Trinajstić information content (AvgIpc) is 2.83. The van der Waals surface area contributed by atoms with Gasteiger partial charge in [-0.15, -0.1) is 0 Å². The molecule has 0 bridgehead atoms. The van der Waals surface area contributed by atoms with Crippen LogP contribution in [0.3, 0.4) is 0 Å². The van der Waals surface area contributed by atoms with Crippen molar-refractivity contribution in [2.45, 2.75) is 26.7 Å². The molecule has 0 unspecified atom stereocenters. The van der Waals surface area contributed by atoms with Crippen molar-refractivity contribution in [3.8, 4) is 5.75 Å². The van der Waals surface area contributed by atoms with E-state index in [1.165, 1.54) is 12.1 Å².